The van der Waals surface area contributed by atoms with E-state index in [4.69, 9.17) is 27.5 Å². The fraction of sp³-hybridized carbons (Fsp3) is 0.286. The number of carbonyl (C=O) groups excluding carboxylic acids is 2. The Morgan fingerprint density at radius 2 is 1.82 bits per heavy atom. The van der Waals surface area contributed by atoms with Crippen LogP contribution in [0.2, 0.25) is 5.02 Å². The Kier molecular flexibility index (Phi) is 11.2. The first-order valence-electron chi connectivity index (χ1n) is 12.6. The van der Waals surface area contributed by atoms with E-state index in [0.29, 0.717) is 52.3 Å². The van der Waals surface area contributed by atoms with Gasteiger partial charge in [-0.3, -0.25) is 15.0 Å². The van der Waals surface area contributed by atoms with Gasteiger partial charge < -0.3 is 36.4 Å². The largest absolute Gasteiger partial charge is 0.484 e. The number of carbonyl (C=O) groups is 2. The molecule has 3 aromatic rings. The van der Waals surface area contributed by atoms with E-state index in [-0.39, 0.29) is 18.1 Å². The van der Waals surface area contributed by atoms with E-state index in [1.165, 1.54) is 12.3 Å². The highest BCUT2D eigenvalue weighted by Gasteiger charge is 2.18. The van der Waals surface area contributed by atoms with E-state index in [1.54, 1.807) is 67.5 Å². The molecule has 1 heterocycles. The first-order chi connectivity index (χ1) is 19.2. The van der Waals surface area contributed by atoms with E-state index in [0.717, 1.165) is 12.8 Å². The number of pyridine rings is 1. The molecule has 2 amide bonds. The van der Waals surface area contributed by atoms with Crippen molar-refractivity contribution in [2.75, 3.05) is 44.4 Å². The summed E-state index contributed by atoms with van der Waals surface area (Å²) in [6.07, 6.45) is 1.73. The van der Waals surface area contributed by atoms with Gasteiger partial charge in [0.15, 0.2) is 12.8 Å². The molecule has 0 aliphatic rings. The molecule has 7 N–H and O–H groups in total. The van der Waals surface area contributed by atoms with Gasteiger partial charge in [-0.2, -0.15) is 0 Å². The number of unbranched alkanes of at least 4 members (excludes halogenated alkanes) is 1. The minimum atomic E-state index is -1.29. The predicted octanol–water partition coefficient (Wildman–Crippen LogP) is 3.21. The summed E-state index contributed by atoms with van der Waals surface area (Å²) in [6.45, 7) is 0.848. The molecule has 1 unspecified atom stereocenters. The van der Waals surface area contributed by atoms with Gasteiger partial charge >= 0.3 is 0 Å². The van der Waals surface area contributed by atoms with Gasteiger partial charge in [0.25, 0.3) is 11.8 Å². The smallest absolute Gasteiger partial charge is 0.257 e. The molecule has 2 aromatic carbocycles. The zero-order valence-corrected chi connectivity index (χ0v) is 23.2. The molecule has 40 heavy (non-hydrogen) atoms. The molecule has 0 radical (unpaired) electrons. The van der Waals surface area contributed by atoms with Gasteiger partial charge in [-0.15, -0.1) is 0 Å². The quantitative estimate of drug-likeness (QED) is 0.0792. The topological polar surface area (TPSA) is 166 Å². The first-order valence-corrected chi connectivity index (χ1v) is 13.0. The van der Waals surface area contributed by atoms with Crippen molar-refractivity contribution < 1.29 is 19.4 Å². The number of nitrogens with zero attached hydrogens (tertiary/aromatic N) is 2. The maximum atomic E-state index is 13.1. The number of ether oxygens (including phenoxy) is 1. The Bertz CT molecular complexity index is 1300. The van der Waals surface area contributed by atoms with Crippen LogP contribution in [0.15, 0.2) is 60.8 Å². The normalized spacial score (nSPS) is 11.3. The number of amides is 2. The molecule has 0 spiro atoms. The van der Waals surface area contributed by atoms with Crippen LogP contribution in [-0.2, 0) is 4.79 Å². The van der Waals surface area contributed by atoms with Crippen LogP contribution in [0.25, 0.3) is 0 Å². The van der Waals surface area contributed by atoms with Gasteiger partial charge in [-0.1, -0.05) is 23.7 Å². The summed E-state index contributed by atoms with van der Waals surface area (Å²) in [5.41, 5.74) is 7.12. The van der Waals surface area contributed by atoms with Crippen LogP contribution in [-0.4, -0.2) is 66.4 Å². The van der Waals surface area contributed by atoms with E-state index >= 15 is 0 Å². The molecule has 1 atom stereocenters. The van der Waals surface area contributed by atoms with Gasteiger partial charge in [-0.25, -0.2) is 4.98 Å². The van der Waals surface area contributed by atoms with Crippen molar-refractivity contribution in [1.82, 2.24) is 15.2 Å². The number of hydrogen-bond donors (Lipinski definition) is 6. The van der Waals surface area contributed by atoms with Crippen LogP contribution in [0.3, 0.4) is 0 Å². The second-order valence-corrected chi connectivity index (χ2v) is 9.50. The highest BCUT2D eigenvalue weighted by Crippen LogP contribution is 2.29. The van der Waals surface area contributed by atoms with Gasteiger partial charge in [0.2, 0.25) is 0 Å². The van der Waals surface area contributed by atoms with Crippen LogP contribution in [0, 0.1) is 5.41 Å². The number of amidine groups is 1. The maximum Gasteiger partial charge on any atom is 0.257 e. The van der Waals surface area contributed by atoms with Crippen molar-refractivity contribution in [2.24, 2.45) is 5.73 Å². The lowest BCUT2D eigenvalue weighted by Crippen LogP contribution is -2.30. The van der Waals surface area contributed by atoms with Gasteiger partial charge in [0.1, 0.15) is 17.4 Å². The summed E-state index contributed by atoms with van der Waals surface area (Å²) < 4.78 is 5.64. The lowest BCUT2D eigenvalue weighted by molar-refractivity contribution is -0.123. The van der Waals surface area contributed by atoms with Crippen LogP contribution in [0.1, 0.15) is 40.6 Å². The maximum absolute atomic E-state index is 13.1. The number of nitrogens with two attached hydrogens (primary N) is 1. The summed E-state index contributed by atoms with van der Waals surface area (Å²) in [7, 11) is 3.54. The van der Waals surface area contributed by atoms with Crippen molar-refractivity contribution in [3.63, 3.8) is 0 Å². The number of anilines is 2. The number of halogens is 1. The SMILES string of the molecule is CN(C)C(=N)c1ccc(C(=O)Nc2ccc(OCC(=O)NCCCCN)cc2C(O)Nc2ccc(Cl)cn2)cc1. The standard InChI is InChI=1S/C28H34ClN7O4/c1-36(2)26(31)18-5-7-19(8-6-18)27(38)34-23-11-10-21(40-17-25(37)32-14-4-3-13-30)15-22(23)28(39)35-24-12-9-20(29)16-33-24/h5-12,15-16,28,31,39H,3-4,13-14,17,30H2,1-2H3,(H,32,37)(H,33,35)(H,34,38). The lowest BCUT2D eigenvalue weighted by Gasteiger charge is -2.19. The number of benzene rings is 2. The molecule has 0 saturated carbocycles. The number of aliphatic hydroxyl groups excluding tert-OH is 1. The van der Waals surface area contributed by atoms with Crippen molar-refractivity contribution in [3.05, 3.63) is 82.5 Å². The molecule has 3 rings (SSSR count). The first kappa shape index (κ1) is 30.4. The summed E-state index contributed by atoms with van der Waals surface area (Å²) in [5.74, 6) is 0.300. The molecule has 0 bridgehead atoms. The fourth-order valence-electron chi connectivity index (χ4n) is 3.58. The summed E-state index contributed by atoms with van der Waals surface area (Å²) in [4.78, 5) is 31.0. The molecule has 1 aromatic heterocycles. The highest BCUT2D eigenvalue weighted by molar-refractivity contribution is 6.30. The third-order valence-corrected chi connectivity index (χ3v) is 5.99. The lowest BCUT2D eigenvalue weighted by atomic mass is 10.1. The van der Waals surface area contributed by atoms with Crippen molar-refractivity contribution >= 4 is 40.8 Å². The molecule has 11 nitrogen and oxygen atoms in total. The second-order valence-electron chi connectivity index (χ2n) is 9.07. The minimum Gasteiger partial charge on any atom is -0.484 e. The predicted molar refractivity (Wildman–Crippen MR) is 156 cm³/mol. The Labute approximate surface area is 238 Å². The van der Waals surface area contributed by atoms with Gasteiger partial charge in [-0.05, 0) is 61.9 Å². The van der Waals surface area contributed by atoms with Gasteiger partial charge in [0.05, 0.1) is 5.02 Å². The third kappa shape index (κ3) is 8.94. The second kappa shape index (κ2) is 14.8. The zero-order chi connectivity index (χ0) is 29.1. The van der Waals surface area contributed by atoms with E-state index in [2.05, 4.69) is 20.9 Å². The van der Waals surface area contributed by atoms with Crippen LogP contribution in [0.5, 0.6) is 5.75 Å². The fourth-order valence-corrected chi connectivity index (χ4v) is 3.69. The van der Waals surface area contributed by atoms with Crippen LogP contribution < -0.4 is 26.4 Å². The average Bonchev–Trinajstić information content (AvgIpc) is 2.95. The Balaban J connectivity index is 1.78. The molecule has 0 aliphatic carbocycles. The Hall–Kier alpha value is -4.19. The third-order valence-electron chi connectivity index (χ3n) is 5.77. The number of rotatable bonds is 13. The van der Waals surface area contributed by atoms with E-state index < -0.39 is 12.1 Å². The molecule has 0 aliphatic heterocycles. The summed E-state index contributed by atoms with van der Waals surface area (Å²) >= 11 is 5.91. The number of nitrogens with one attached hydrogen (secondary N) is 4. The Morgan fingerprint density at radius 3 is 2.48 bits per heavy atom. The molecular formula is C28H34ClN7O4. The molecule has 212 valence electrons. The zero-order valence-electron chi connectivity index (χ0n) is 22.4. The van der Waals surface area contributed by atoms with Crippen molar-refractivity contribution in [2.45, 2.75) is 19.1 Å². The van der Waals surface area contributed by atoms with Gasteiger partial charge in [0, 0.05) is 49.2 Å². The van der Waals surface area contributed by atoms with Crippen LogP contribution in [0.4, 0.5) is 11.5 Å². The Morgan fingerprint density at radius 1 is 1.10 bits per heavy atom. The molecule has 0 saturated heterocycles. The van der Waals surface area contributed by atoms with Crippen molar-refractivity contribution in [1.29, 1.82) is 5.41 Å². The molecule has 12 heteroatoms. The average molecular weight is 568 g/mol. The molecule has 0 fully saturated rings. The van der Waals surface area contributed by atoms with Crippen molar-refractivity contribution in [3.8, 4) is 5.75 Å². The highest BCUT2D eigenvalue weighted by atomic mass is 35.5. The van der Waals surface area contributed by atoms with Crippen LogP contribution >= 0.6 is 11.6 Å². The van der Waals surface area contributed by atoms with E-state index in [1.807, 2.05) is 0 Å². The summed E-state index contributed by atoms with van der Waals surface area (Å²) in [5, 5.41) is 28.0. The number of aliphatic hydroxyl groups is 1. The molecular weight excluding hydrogens is 534 g/mol. The van der Waals surface area contributed by atoms with E-state index in [9.17, 15) is 14.7 Å². The summed E-state index contributed by atoms with van der Waals surface area (Å²) in [6, 6.07) is 14.6. The monoisotopic (exact) mass is 567 g/mol. The minimum absolute atomic E-state index is 0.218. The number of aromatic nitrogens is 1. The number of hydrogen-bond acceptors (Lipinski definition) is 8.